The van der Waals surface area contributed by atoms with Crippen LogP contribution in [-0.2, 0) is 18.3 Å². The minimum atomic E-state index is -0.199. The van der Waals surface area contributed by atoms with Crippen LogP contribution < -0.4 is 10.9 Å². The van der Waals surface area contributed by atoms with Gasteiger partial charge in [0.25, 0.3) is 11.5 Å². The number of amides is 1. The van der Waals surface area contributed by atoms with E-state index in [2.05, 4.69) is 43.8 Å². The van der Waals surface area contributed by atoms with E-state index in [1.54, 1.807) is 6.33 Å². The third-order valence-electron chi connectivity index (χ3n) is 7.34. The third-order valence-corrected chi connectivity index (χ3v) is 7.34. The van der Waals surface area contributed by atoms with Crippen LogP contribution in [0.15, 0.2) is 41.7 Å². The van der Waals surface area contributed by atoms with Crippen molar-refractivity contribution >= 4 is 11.4 Å². The van der Waals surface area contributed by atoms with E-state index in [1.165, 1.54) is 0 Å². The summed E-state index contributed by atoms with van der Waals surface area (Å²) in [7, 11) is 1.95. The summed E-state index contributed by atoms with van der Waals surface area (Å²) in [6.07, 6.45) is 5.88. The number of hydrogen-bond donors (Lipinski definition) is 2. The Labute approximate surface area is 216 Å². The molecule has 5 rings (SSSR count). The van der Waals surface area contributed by atoms with Gasteiger partial charge in [0.15, 0.2) is 0 Å². The molecule has 9 heteroatoms. The highest BCUT2D eigenvalue weighted by Crippen LogP contribution is 2.31. The van der Waals surface area contributed by atoms with Crippen LogP contribution in [-0.4, -0.2) is 56.0 Å². The molecule has 0 bridgehead atoms. The average molecular weight is 503 g/mol. The Balaban J connectivity index is 1.55. The number of nitrogens with one attached hydrogen (secondary N) is 2. The first kappa shape index (κ1) is 25.0. The third kappa shape index (κ3) is 4.84. The fourth-order valence-electron chi connectivity index (χ4n) is 5.33. The molecule has 1 aliphatic heterocycles. The zero-order valence-corrected chi connectivity index (χ0v) is 22.1. The average Bonchev–Trinajstić information content (AvgIpc) is 3.49. The summed E-state index contributed by atoms with van der Waals surface area (Å²) in [4.78, 5) is 35.7. The van der Waals surface area contributed by atoms with Crippen LogP contribution in [0.2, 0.25) is 0 Å². The van der Waals surface area contributed by atoms with Gasteiger partial charge < -0.3 is 24.0 Å². The maximum absolute atomic E-state index is 13.5. The molecule has 0 saturated carbocycles. The van der Waals surface area contributed by atoms with E-state index in [9.17, 15) is 9.59 Å². The molecule has 0 aromatic carbocycles. The Kier molecular flexibility index (Phi) is 6.74. The first-order valence-corrected chi connectivity index (χ1v) is 12.7. The van der Waals surface area contributed by atoms with Gasteiger partial charge in [0.05, 0.1) is 25.2 Å². The highest BCUT2D eigenvalue weighted by atomic mass is 16.5. The predicted molar refractivity (Wildman–Crippen MR) is 143 cm³/mol. The molecule has 9 nitrogen and oxygen atoms in total. The van der Waals surface area contributed by atoms with E-state index in [4.69, 9.17) is 4.74 Å². The van der Waals surface area contributed by atoms with Crippen molar-refractivity contribution in [3.63, 3.8) is 0 Å². The van der Waals surface area contributed by atoms with E-state index in [0.717, 1.165) is 52.4 Å². The fourth-order valence-corrected chi connectivity index (χ4v) is 5.33. The smallest absolute Gasteiger partial charge is 0.253 e. The van der Waals surface area contributed by atoms with Crippen LogP contribution in [0.5, 0.6) is 0 Å². The number of ether oxygens (including phenoxy) is 1. The van der Waals surface area contributed by atoms with Gasteiger partial charge in [-0.3, -0.25) is 14.5 Å². The summed E-state index contributed by atoms with van der Waals surface area (Å²) < 4.78 is 9.69. The zero-order chi connectivity index (χ0) is 26.3. The standard InChI is InChI=1S/C28H34N6O3/c1-17-10-18(2)31-28(36)24(17)13-29-27(35)23-12-22-11-21(25-15-32(5)16-30-25)14-34(22)26(19(23)3)20(4)33-6-8-37-9-7-33/h10-12,14-16,20H,6-9,13H2,1-5H3,(H,29,35)(H,31,36). The molecular weight excluding hydrogens is 468 g/mol. The summed E-state index contributed by atoms with van der Waals surface area (Å²) in [5.41, 5.74) is 7.46. The molecule has 2 N–H and O–H groups in total. The Hall–Kier alpha value is -3.69. The maximum atomic E-state index is 13.5. The van der Waals surface area contributed by atoms with Crippen molar-refractivity contribution in [2.75, 3.05) is 26.3 Å². The number of aryl methyl sites for hydroxylation is 3. The number of nitrogens with zero attached hydrogens (tertiary/aromatic N) is 4. The number of fused-ring (bicyclic) bond motifs is 1. The Bertz CT molecular complexity index is 1520. The highest BCUT2D eigenvalue weighted by Gasteiger charge is 2.26. The minimum absolute atomic E-state index is 0.0744. The van der Waals surface area contributed by atoms with Gasteiger partial charge in [0, 0.05) is 78.7 Å². The predicted octanol–water partition coefficient (Wildman–Crippen LogP) is 3.28. The lowest BCUT2D eigenvalue weighted by Gasteiger charge is -2.34. The molecule has 0 radical (unpaired) electrons. The number of carbonyl (C=O) groups is 1. The quantitative estimate of drug-likeness (QED) is 0.422. The molecule has 1 fully saturated rings. The molecule has 1 atom stereocenters. The molecule has 0 spiro atoms. The molecular formula is C28H34N6O3. The molecule has 5 heterocycles. The van der Waals surface area contributed by atoms with Gasteiger partial charge in [0.2, 0.25) is 0 Å². The van der Waals surface area contributed by atoms with Crippen LogP contribution in [0.1, 0.15) is 51.4 Å². The summed E-state index contributed by atoms with van der Waals surface area (Å²) in [6, 6.07) is 5.99. The van der Waals surface area contributed by atoms with Crippen molar-refractivity contribution in [1.82, 2.24) is 29.2 Å². The number of morpholine rings is 1. The van der Waals surface area contributed by atoms with Gasteiger partial charge in [-0.15, -0.1) is 0 Å². The van der Waals surface area contributed by atoms with Crippen LogP contribution >= 0.6 is 0 Å². The number of hydrogen-bond acceptors (Lipinski definition) is 5. The molecule has 194 valence electrons. The van der Waals surface area contributed by atoms with Crippen LogP contribution in [0.25, 0.3) is 16.8 Å². The number of rotatable bonds is 6. The number of aromatic nitrogens is 4. The first-order chi connectivity index (χ1) is 17.7. The van der Waals surface area contributed by atoms with Crippen LogP contribution in [0, 0.1) is 20.8 Å². The number of imidazole rings is 1. The summed E-state index contributed by atoms with van der Waals surface area (Å²) in [6.45, 7) is 11.2. The van der Waals surface area contributed by atoms with E-state index in [-0.39, 0.29) is 24.1 Å². The van der Waals surface area contributed by atoms with Crippen molar-refractivity contribution in [3.05, 3.63) is 80.9 Å². The Morgan fingerprint density at radius 1 is 1.16 bits per heavy atom. The monoisotopic (exact) mass is 502 g/mol. The zero-order valence-electron chi connectivity index (χ0n) is 22.1. The van der Waals surface area contributed by atoms with Crippen molar-refractivity contribution in [2.45, 2.75) is 40.3 Å². The van der Waals surface area contributed by atoms with Crippen molar-refractivity contribution in [3.8, 4) is 11.3 Å². The number of aromatic amines is 1. The lowest BCUT2D eigenvalue weighted by molar-refractivity contribution is 0.0187. The van der Waals surface area contributed by atoms with E-state index >= 15 is 0 Å². The molecule has 0 aliphatic carbocycles. The van der Waals surface area contributed by atoms with Crippen molar-refractivity contribution in [2.24, 2.45) is 7.05 Å². The first-order valence-electron chi connectivity index (χ1n) is 12.7. The van der Waals surface area contributed by atoms with Gasteiger partial charge in [-0.2, -0.15) is 0 Å². The molecule has 4 aromatic heterocycles. The largest absolute Gasteiger partial charge is 0.379 e. The van der Waals surface area contributed by atoms with Crippen LogP contribution in [0.4, 0.5) is 0 Å². The molecule has 1 amide bonds. The second-order valence-electron chi connectivity index (χ2n) is 9.97. The summed E-state index contributed by atoms with van der Waals surface area (Å²) in [5, 5.41) is 2.99. The number of pyridine rings is 2. The van der Waals surface area contributed by atoms with Crippen molar-refractivity contribution < 1.29 is 9.53 Å². The lowest BCUT2D eigenvalue weighted by Crippen LogP contribution is -2.39. The molecule has 1 saturated heterocycles. The van der Waals surface area contributed by atoms with Crippen LogP contribution in [0.3, 0.4) is 0 Å². The normalized spacial score (nSPS) is 15.3. The Morgan fingerprint density at radius 3 is 2.59 bits per heavy atom. The Morgan fingerprint density at radius 2 is 1.92 bits per heavy atom. The van der Waals surface area contributed by atoms with Gasteiger partial charge in [0.1, 0.15) is 0 Å². The van der Waals surface area contributed by atoms with E-state index in [0.29, 0.717) is 24.3 Å². The number of H-pyrrole nitrogens is 1. The number of carbonyl (C=O) groups excluding carboxylic acids is 1. The highest BCUT2D eigenvalue weighted by molar-refractivity contribution is 5.97. The fraction of sp³-hybridized carbons (Fsp3) is 0.393. The van der Waals surface area contributed by atoms with Gasteiger partial charge in [-0.05, 0) is 57.0 Å². The SMILES string of the molecule is Cc1cc(C)c(CNC(=O)c2cc3cc(-c4cn(C)cn4)cn3c(C(C)N3CCOCC3)c2C)c(=O)[nH]1. The molecule has 4 aromatic rings. The molecule has 1 aliphatic rings. The lowest BCUT2D eigenvalue weighted by atomic mass is 10.0. The summed E-state index contributed by atoms with van der Waals surface area (Å²) in [5.74, 6) is -0.199. The summed E-state index contributed by atoms with van der Waals surface area (Å²) >= 11 is 0. The topological polar surface area (TPSA) is 96.7 Å². The molecule has 37 heavy (non-hydrogen) atoms. The van der Waals surface area contributed by atoms with Gasteiger partial charge in [-0.1, -0.05) is 0 Å². The molecule has 1 unspecified atom stereocenters. The van der Waals surface area contributed by atoms with Gasteiger partial charge >= 0.3 is 0 Å². The second-order valence-corrected chi connectivity index (χ2v) is 9.97. The van der Waals surface area contributed by atoms with Gasteiger partial charge in [-0.25, -0.2) is 4.98 Å². The van der Waals surface area contributed by atoms with E-state index in [1.807, 2.05) is 50.7 Å². The maximum Gasteiger partial charge on any atom is 0.253 e. The second kappa shape index (κ2) is 9.99. The van der Waals surface area contributed by atoms with E-state index < -0.39 is 0 Å². The minimum Gasteiger partial charge on any atom is -0.379 e. The van der Waals surface area contributed by atoms with Crippen molar-refractivity contribution in [1.29, 1.82) is 0 Å².